The quantitative estimate of drug-likeness (QED) is 0.462. The fourth-order valence-corrected chi connectivity index (χ4v) is 1.62. The lowest BCUT2D eigenvalue weighted by Crippen LogP contribution is -2.27. The molecule has 0 unspecified atom stereocenters. The number of hydrogen-bond acceptors (Lipinski definition) is 3. The highest BCUT2D eigenvalue weighted by Crippen LogP contribution is 2.20. The predicted molar refractivity (Wildman–Crippen MR) is 59.3 cm³/mol. The summed E-state index contributed by atoms with van der Waals surface area (Å²) in [5.41, 5.74) is 1.59. The molecule has 2 rings (SSSR count). The van der Waals surface area contributed by atoms with E-state index in [1.54, 1.807) is 6.33 Å². The average molecular weight is 203 g/mol. The van der Waals surface area contributed by atoms with Gasteiger partial charge in [-0.1, -0.05) is 17.3 Å². The Balaban J connectivity index is 2.62. The Morgan fingerprint density at radius 3 is 2.87 bits per heavy atom. The van der Waals surface area contributed by atoms with Crippen LogP contribution in [0.2, 0.25) is 0 Å². The highest BCUT2D eigenvalue weighted by molar-refractivity contribution is 5.78. The third-order valence-electron chi connectivity index (χ3n) is 2.45. The van der Waals surface area contributed by atoms with E-state index >= 15 is 0 Å². The number of para-hydroxylation sites is 2. The van der Waals surface area contributed by atoms with Gasteiger partial charge in [-0.15, -0.1) is 0 Å². The van der Waals surface area contributed by atoms with Gasteiger partial charge in [-0.3, -0.25) is 0 Å². The molecule has 2 aromatic rings. The van der Waals surface area contributed by atoms with Crippen LogP contribution in [-0.2, 0) is 5.54 Å². The van der Waals surface area contributed by atoms with Gasteiger partial charge >= 0.3 is 0 Å². The minimum absolute atomic E-state index is 0.384. The van der Waals surface area contributed by atoms with E-state index in [4.69, 9.17) is 5.21 Å². The van der Waals surface area contributed by atoms with Gasteiger partial charge in [0.1, 0.15) is 0 Å². The van der Waals surface area contributed by atoms with E-state index in [1.807, 2.05) is 42.7 Å². The Kier molecular flexibility index (Phi) is 2.19. The summed E-state index contributed by atoms with van der Waals surface area (Å²) in [5, 5.41) is 11.7. The molecule has 0 saturated heterocycles. The van der Waals surface area contributed by atoms with E-state index in [-0.39, 0.29) is 5.54 Å². The lowest BCUT2D eigenvalue weighted by Gasteiger charge is -2.21. The molecular weight excluding hydrogens is 190 g/mol. The molecular formula is C11H13N3O. The molecule has 0 aliphatic carbocycles. The standard InChI is InChI=1S/C11H13N3O/c1-11(2,7-13-15)14-8-12-9-5-3-4-6-10(9)14/h3-8,15H,1-2H3/b13-7+. The zero-order valence-electron chi connectivity index (χ0n) is 8.75. The summed E-state index contributed by atoms with van der Waals surface area (Å²) < 4.78 is 1.97. The summed E-state index contributed by atoms with van der Waals surface area (Å²) in [6.45, 7) is 3.92. The summed E-state index contributed by atoms with van der Waals surface area (Å²) in [7, 11) is 0. The molecule has 78 valence electrons. The van der Waals surface area contributed by atoms with Gasteiger partial charge in [-0.05, 0) is 26.0 Å². The van der Waals surface area contributed by atoms with Crippen molar-refractivity contribution in [3.63, 3.8) is 0 Å². The molecule has 1 aromatic heterocycles. The molecule has 4 nitrogen and oxygen atoms in total. The van der Waals surface area contributed by atoms with Crippen molar-refractivity contribution in [2.45, 2.75) is 19.4 Å². The van der Waals surface area contributed by atoms with Crippen molar-refractivity contribution < 1.29 is 5.21 Å². The van der Waals surface area contributed by atoms with Crippen LogP contribution in [0, 0.1) is 0 Å². The lowest BCUT2D eigenvalue weighted by atomic mass is 10.1. The van der Waals surface area contributed by atoms with Gasteiger partial charge in [0, 0.05) is 0 Å². The highest BCUT2D eigenvalue weighted by Gasteiger charge is 2.19. The van der Waals surface area contributed by atoms with Crippen molar-refractivity contribution in [2.75, 3.05) is 0 Å². The largest absolute Gasteiger partial charge is 0.411 e. The SMILES string of the molecule is CC(C)(/C=N/O)n1cnc2ccccc21. The maximum absolute atomic E-state index is 8.61. The molecule has 0 radical (unpaired) electrons. The highest BCUT2D eigenvalue weighted by atomic mass is 16.4. The maximum atomic E-state index is 8.61. The van der Waals surface area contributed by atoms with Gasteiger partial charge in [0.05, 0.1) is 29.1 Å². The first-order chi connectivity index (χ1) is 7.15. The van der Waals surface area contributed by atoms with Gasteiger partial charge in [-0.25, -0.2) is 4.98 Å². The summed E-state index contributed by atoms with van der Waals surface area (Å²) in [5.74, 6) is 0. The van der Waals surface area contributed by atoms with Crippen LogP contribution < -0.4 is 0 Å². The number of hydrogen-bond donors (Lipinski definition) is 1. The number of oxime groups is 1. The van der Waals surface area contributed by atoms with Crippen molar-refractivity contribution in [3.8, 4) is 0 Å². The zero-order chi connectivity index (χ0) is 10.9. The van der Waals surface area contributed by atoms with Crippen LogP contribution in [-0.4, -0.2) is 21.0 Å². The van der Waals surface area contributed by atoms with Crippen molar-refractivity contribution in [3.05, 3.63) is 30.6 Å². The second-order valence-electron chi connectivity index (χ2n) is 4.00. The molecule has 0 bridgehead atoms. The lowest BCUT2D eigenvalue weighted by molar-refractivity contribution is 0.313. The van der Waals surface area contributed by atoms with Crippen molar-refractivity contribution in [1.82, 2.24) is 9.55 Å². The fourth-order valence-electron chi connectivity index (χ4n) is 1.62. The van der Waals surface area contributed by atoms with Crippen molar-refractivity contribution in [2.24, 2.45) is 5.16 Å². The predicted octanol–water partition coefficient (Wildman–Crippen LogP) is 2.23. The monoisotopic (exact) mass is 203 g/mol. The Hall–Kier alpha value is -1.84. The van der Waals surface area contributed by atoms with E-state index in [0.29, 0.717) is 0 Å². The summed E-state index contributed by atoms with van der Waals surface area (Å²) >= 11 is 0. The molecule has 1 aromatic carbocycles. The van der Waals surface area contributed by atoms with Crippen LogP contribution >= 0.6 is 0 Å². The molecule has 1 N–H and O–H groups in total. The number of benzene rings is 1. The molecule has 0 spiro atoms. The number of nitrogens with zero attached hydrogens (tertiary/aromatic N) is 3. The van der Waals surface area contributed by atoms with Crippen LogP contribution in [0.4, 0.5) is 0 Å². The van der Waals surface area contributed by atoms with Crippen LogP contribution in [0.25, 0.3) is 11.0 Å². The molecule has 4 heteroatoms. The van der Waals surface area contributed by atoms with Crippen LogP contribution in [0.5, 0.6) is 0 Å². The topological polar surface area (TPSA) is 50.4 Å². The molecule has 0 fully saturated rings. The minimum atomic E-state index is -0.384. The fraction of sp³-hybridized carbons (Fsp3) is 0.273. The number of aromatic nitrogens is 2. The first-order valence-corrected chi connectivity index (χ1v) is 4.76. The smallest absolute Gasteiger partial charge is 0.0966 e. The van der Waals surface area contributed by atoms with Crippen LogP contribution in [0.15, 0.2) is 35.7 Å². The summed E-state index contributed by atoms with van der Waals surface area (Å²) in [4.78, 5) is 4.29. The molecule has 0 amide bonds. The summed E-state index contributed by atoms with van der Waals surface area (Å²) in [6.07, 6.45) is 3.24. The zero-order valence-corrected chi connectivity index (χ0v) is 8.75. The maximum Gasteiger partial charge on any atom is 0.0966 e. The van der Waals surface area contributed by atoms with Crippen LogP contribution in [0.1, 0.15) is 13.8 Å². The Morgan fingerprint density at radius 1 is 1.40 bits per heavy atom. The van der Waals surface area contributed by atoms with E-state index in [1.165, 1.54) is 6.21 Å². The van der Waals surface area contributed by atoms with Crippen molar-refractivity contribution in [1.29, 1.82) is 0 Å². The van der Waals surface area contributed by atoms with Gasteiger partial charge in [0.25, 0.3) is 0 Å². The molecule has 1 heterocycles. The van der Waals surface area contributed by atoms with Gasteiger partial charge in [0.15, 0.2) is 0 Å². The number of fused-ring (bicyclic) bond motifs is 1. The van der Waals surface area contributed by atoms with Crippen LogP contribution in [0.3, 0.4) is 0 Å². The molecule has 15 heavy (non-hydrogen) atoms. The second-order valence-corrected chi connectivity index (χ2v) is 4.00. The number of imidazole rings is 1. The molecule has 0 aliphatic rings. The first-order valence-electron chi connectivity index (χ1n) is 4.76. The average Bonchev–Trinajstić information content (AvgIpc) is 2.61. The van der Waals surface area contributed by atoms with Gasteiger partial charge in [0.2, 0.25) is 0 Å². The Labute approximate surface area is 87.9 Å². The Bertz CT molecular complexity index is 499. The summed E-state index contributed by atoms with van der Waals surface area (Å²) in [6, 6.07) is 7.87. The van der Waals surface area contributed by atoms with E-state index in [9.17, 15) is 0 Å². The van der Waals surface area contributed by atoms with Gasteiger partial charge < -0.3 is 9.77 Å². The van der Waals surface area contributed by atoms with Gasteiger partial charge in [-0.2, -0.15) is 0 Å². The molecule has 0 aliphatic heterocycles. The molecule has 0 atom stereocenters. The minimum Gasteiger partial charge on any atom is -0.411 e. The van der Waals surface area contributed by atoms with E-state index in [0.717, 1.165) is 11.0 Å². The molecule has 0 saturated carbocycles. The van der Waals surface area contributed by atoms with E-state index < -0.39 is 0 Å². The number of rotatable bonds is 2. The Morgan fingerprint density at radius 2 is 2.13 bits per heavy atom. The third kappa shape index (κ3) is 1.58. The normalized spacial score (nSPS) is 12.7. The van der Waals surface area contributed by atoms with Crippen molar-refractivity contribution >= 4 is 17.2 Å². The second kappa shape index (κ2) is 3.38. The first kappa shape index (κ1) is 9.71. The van der Waals surface area contributed by atoms with E-state index in [2.05, 4.69) is 10.1 Å². The third-order valence-corrected chi connectivity index (χ3v) is 2.45.